The number of hydrogen-bond donors (Lipinski definition) is 3. The van der Waals surface area contributed by atoms with Crippen molar-refractivity contribution in [1.29, 1.82) is 0 Å². The van der Waals surface area contributed by atoms with Gasteiger partial charge in [-0.25, -0.2) is 0 Å². The molecule has 2 rings (SSSR count). The number of nitrogen functional groups attached to an aromatic ring is 1. The highest BCUT2D eigenvalue weighted by Crippen LogP contribution is 2.23. The first-order valence-corrected chi connectivity index (χ1v) is 6.70. The van der Waals surface area contributed by atoms with Crippen molar-refractivity contribution in [3.8, 4) is 0 Å². The first-order valence-electron chi connectivity index (χ1n) is 6.32. The molecule has 1 aromatic carbocycles. The Balaban J connectivity index is 1.90. The number of benzene rings is 1. The van der Waals surface area contributed by atoms with Crippen molar-refractivity contribution < 1.29 is 9.59 Å². The zero-order valence-electron chi connectivity index (χ0n) is 10.9. The minimum absolute atomic E-state index is 0.168. The van der Waals surface area contributed by atoms with Crippen LogP contribution < -0.4 is 16.8 Å². The normalized spacial score (nSPS) is 18.9. The summed E-state index contributed by atoms with van der Waals surface area (Å²) in [6.07, 6.45) is 0.696. The molecule has 1 saturated heterocycles. The van der Waals surface area contributed by atoms with Crippen LogP contribution in [0, 0.1) is 5.92 Å². The Morgan fingerprint density at radius 3 is 2.85 bits per heavy atom. The van der Waals surface area contributed by atoms with E-state index in [-0.39, 0.29) is 24.3 Å². The number of nitrogens with one attached hydrogen (secondary N) is 1. The van der Waals surface area contributed by atoms with Gasteiger partial charge in [-0.2, -0.15) is 0 Å². The molecule has 2 amide bonds. The monoisotopic (exact) mass is 296 g/mol. The summed E-state index contributed by atoms with van der Waals surface area (Å²) in [5, 5.41) is 3.22. The van der Waals surface area contributed by atoms with E-state index in [9.17, 15) is 9.59 Å². The second kappa shape index (κ2) is 6.11. The lowest BCUT2D eigenvalue weighted by Gasteiger charge is -2.15. The van der Waals surface area contributed by atoms with Crippen LogP contribution in [0.15, 0.2) is 18.2 Å². The van der Waals surface area contributed by atoms with E-state index in [1.165, 1.54) is 0 Å². The molecule has 6 nitrogen and oxygen atoms in total. The van der Waals surface area contributed by atoms with Gasteiger partial charge in [0.2, 0.25) is 11.8 Å². The fraction of sp³-hybridized carbons (Fsp3) is 0.385. The van der Waals surface area contributed by atoms with Crippen LogP contribution in [0.3, 0.4) is 0 Å². The average Bonchev–Trinajstić information content (AvgIpc) is 2.82. The Kier molecular flexibility index (Phi) is 4.46. The van der Waals surface area contributed by atoms with Crippen molar-refractivity contribution in [3.05, 3.63) is 23.2 Å². The van der Waals surface area contributed by atoms with Gasteiger partial charge in [0.25, 0.3) is 0 Å². The van der Waals surface area contributed by atoms with E-state index in [4.69, 9.17) is 23.1 Å². The summed E-state index contributed by atoms with van der Waals surface area (Å²) in [5.74, 6) is -0.671. The highest BCUT2D eigenvalue weighted by molar-refractivity contribution is 6.31. The van der Waals surface area contributed by atoms with Gasteiger partial charge in [0.15, 0.2) is 0 Å². The second-order valence-corrected chi connectivity index (χ2v) is 5.34. The van der Waals surface area contributed by atoms with Crippen molar-refractivity contribution in [2.75, 3.05) is 30.7 Å². The number of nitrogens with two attached hydrogens (primary N) is 2. The topological polar surface area (TPSA) is 101 Å². The molecule has 0 aliphatic carbocycles. The Hall–Kier alpha value is -1.79. The van der Waals surface area contributed by atoms with Crippen LogP contribution in [-0.4, -0.2) is 36.3 Å². The molecule has 1 unspecified atom stereocenters. The number of likely N-dealkylation sites (tertiary alicyclic amines) is 1. The summed E-state index contributed by atoms with van der Waals surface area (Å²) in [4.78, 5) is 24.9. The number of primary amides is 1. The number of carbonyl (C=O) groups excluding carboxylic acids is 2. The summed E-state index contributed by atoms with van der Waals surface area (Å²) in [6, 6.07) is 4.90. The summed E-state index contributed by atoms with van der Waals surface area (Å²) in [7, 11) is 0. The number of halogens is 1. The molecule has 0 saturated carbocycles. The van der Waals surface area contributed by atoms with Crippen LogP contribution in [0.5, 0.6) is 0 Å². The molecule has 0 aromatic heterocycles. The van der Waals surface area contributed by atoms with Gasteiger partial charge in [-0.3, -0.25) is 14.5 Å². The number of hydrogen-bond acceptors (Lipinski definition) is 4. The average molecular weight is 297 g/mol. The van der Waals surface area contributed by atoms with Crippen molar-refractivity contribution in [1.82, 2.24) is 4.90 Å². The maximum atomic E-state index is 11.9. The molecule has 1 aromatic rings. The number of amides is 2. The standard InChI is InChI=1S/C13H17ClN4O2/c14-9-1-2-10(15)11(5-9)17-12(19)7-18-4-3-8(6-18)13(16)20/h1-2,5,8H,3-4,6-7,15H2,(H2,16,20)(H,17,19). The summed E-state index contributed by atoms with van der Waals surface area (Å²) >= 11 is 5.86. The van der Waals surface area contributed by atoms with Gasteiger partial charge in [0, 0.05) is 11.6 Å². The SMILES string of the molecule is NC(=O)C1CCN(CC(=O)Nc2cc(Cl)ccc2N)C1. The van der Waals surface area contributed by atoms with Gasteiger partial charge in [-0.15, -0.1) is 0 Å². The van der Waals surface area contributed by atoms with E-state index in [2.05, 4.69) is 5.32 Å². The molecule has 0 bridgehead atoms. The van der Waals surface area contributed by atoms with Gasteiger partial charge in [0.05, 0.1) is 23.8 Å². The number of rotatable bonds is 4. The van der Waals surface area contributed by atoms with Crippen LogP contribution in [0.4, 0.5) is 11.4 Å². The molecule has 20 heavy (non-hydrogen) atoms. The second-order valence-electron chi connectivity index (χ2n) is 4.90. The number of anilines is 2. The lowest BCUT2D eigenvalue weighted by molar-refractivity contribution is -0.122. The van der Waals surface area contributed by atoms with E-state index in [1.54, 1.807) is 18.2 Å². The lowest BCUT2D eigenvalue weighted by Crippen LogP contribution is -2.33. The smallest absolute Gasteiger partial charge is 0.238 e. The predicted octanol–water partition coefficient (Wildman–Crippen LogP) is 0.668. The van der Waals surface area contributed by atoms with Gasteiger partial charge in [-0.05, 0) is 31.2 Å². The Bertz CT molecular complexity index is 535. The summed E-state index contributed by atoms with van der Waals surface area (Å²) in [5.41, 5.74) is 12.0. The van der Waals surface area contributed by atoms with E-state index < -0.39 is 0 Å². The molecular formula is C13H17ClN4O2. The van der Waals surface area contributed by atoms with Crippen LogP contribution in [0.1, 0.15) is 6.42 Å². The molecule has 7 heteroatoms. The molecule has 0 spiro atoms. The van der Waals surface area contributed by atoms with Gasteiger partial charge < -0.3 is 16.8 Å². The highest BCUT2D eigenvalue weighted by atomic mass is 35.5. The lowest BCUT2D eigenvalue weighted by atomic mass is 10.1. The molecule has 1 heterocycles. The third-order valence-electron chi connectivity index (χ3n) is 3.33. The fourth-order valence-corrected chi connectivity index (χ4v) is 2.41. The molecule has 1 fully saturated rings. The fourth-order valence-electron chi connectivity index (χ4n) is 2.24. The Morgan fingerprint density at radius 2 is 2.20 bits per heavy atom. The van der Waals surface area contributed by atoms with Gasteiger partial charge >= 0.3 is 0 Å². The van der Waals surface area contributed by atoms with E-state index in [0.717, 1.165) is 0 Å². The number of carbonyl (C=O) groups is 2. The Labute approximate surface area is 122 Å². The summed E-state index contributed by atoms with van der Waals surface area (Å²) < 4.78 is 0. The van der Waals surface area contributed by atoms with E-state index in [1.807, 2.05) is 4.90 Å². The molecule has 1 aliphatic rings. The van der Waals surface area contributed by atoms with Crippen LogP contribution >= 0.6 is 11.6 Å². The zero-order valence-corrected chi connectivity index (χ0v) is 11.7. The maximum absolute atomic E-state index is 11.9. The minimum atomic E-state index is -0.313. The third-order valence-corrected chi connectivity index (χ3v) is 3.57. The van der Waals surface area contributed by atoms with Crippen LogP contribution in [-0.2, 0) is 9.59 Å². The predicted molar refractivity (Wildman–Crippen MR) is 78.2 cm³/mol. The molecule has 0 radical (unpaired) electrons. The first kappa shape index (κ1) is 14.6. The Morgan fingerprint density at radius 1 is 1.45 bits per heavy atom. The number of nitrogens with zero attached hydrogens (tertiary/aromatic N) is 1. The van der Waals surface area contributed by atoms with Crippen molar-refractivity contribution in [2.45, 2.75) is 6.42 Å². The van der Waals surface area contributed by atoms with Crippen molar-refractivity contribution in [2.24, 2.45) is 11.7 Å². The maximum Gasteiger partial charge on any atom is 0.238 e. The zero-order chi connectivity index (χ0) is 14.7. The largest absolute Gasteiger partial charge is 0.397 e. The minimum Gasteiger partial charge on any atom is -0.397 e. The first-order chi connectivity index (χ1) is 9.45. The van der Waals surface area contributed by atoms with Crippen molar-refractivity contribution >= 4 is 34.8 Å². The van der Waals surface area contributed by atoms with Crippen LogP contribution in [0.2, 0.25) is 5.02 Å². The summed E-state index contributed by atoms with van der Waals surface area (Å²) in [6.45, 7) is 1.41. The molecule has 108 valence electrons. The quantitative estimate of drug-likeness (QED) is 0.711. The van der Waals surface area contributed by atoms with E-state index >= 15 is 0 Å². The molecule has 1 aliphatic heterocycles. The molecule has 1 atom stereocenters. The third kappa shape index (κ3) is 3.61. The van der Waals surface area contributed by atoms with Crippen molar-refractivity contribution in [3.63, 3.8) is 0 Å². The van der Waals surface area contributed by atoms with Gasteiger partial charge in [-0.1, -0.05) is 11.6 Å². The highest BCUT2D eigenvalue weighted by Gasteiger charge is 2.27. The molecule has 5 N–H and O–H groups in total. The van der Waals surface area contributed by atoms with E-state index in [0.29, 0.717) is 35.9 Å². The molecular weight excluding hydrogens is 280 g/mol. The van der Waals surface area contributed by atoms with Crippen LogP contribution in [0.25, 0.3) is 0 Å². The van der Waals surface area contributed by atoms with Gasteiger partial charge in [0.1, 0.15) is 0 Å².